The maximum atomic E-state index is 12.2. The number of hydrogen-bond donors (Lipinski definition) is 0. The van der Waals surface area contributed by atoms with Crippen molar-refractivity contribution in [2.75, 3.05) is 0 Å². The molecule has 1 aromatic carbocycles. The van der Waals surface area contributed by atoms with Crippen LogP contribution in [0.4, 0.5) is 17.6 Å². The molecule has 7 heteroatoms. The third kappa shape index (κ3) is 5.47. The minimum absolute atomic E-state index is 0.409. The van der Waals surface area contributed by atoms with Crippen molar-refractivity contribution in [2.45, 2.75) is 12.5 Å². The van der Waals surface area contributed by atoms with Gasteiger partial charge >= 0.3 is 42.5 Å². The maximum absolute atomic E-state index is 12.2. The quantitative estimate of drug-likeness (QED) is 0.465. The zero-order valence-electron chi connectivity index (χ0n) is 7.39. The van der Waals surface area contributed by atoms with Crippen LogP contribution in [-0.2, 0) is 16.3 Å². The van der Waals surface area contributed by atoms with Gasteiger partial charge in [-0.1, -0.05) is 0 Å². The molecule has 0 aliphatic rings. The predicted octanol–water partition coefficient (Wildman–Crippen LogP) is 3.57. The molecule has 0 saturated heterocycles. The predicted molar refractivity (Wildman–Crippen MR) is 45.8 cm³/mol. The van der Waals surface area contributed by atoms with Gasteiger partial charge in [0.2, 0.25) is 0 Å². The molecule has 0 aliphatic heterocycles. The second-order valence-corrected chi connectivity index (χ2v) is 2.19. The molecule has 0 fully saturated rings. The summed E-state index contributed by atoms with van der Waals surface area (Å²) in [5.74, 6) is -0.409. The molecule has 1 nitrogen and oxygen atoms in total. The molecule has 0 amide bonds. The van der Waals surface area contributed by atoms with Gasteiger partial charge in [0.15, 0.2) is 0 Å². The second-order valence-electron chi connectivity index (χ2n) is 2.19. The Balaban J connectivity index is 0.000000921. The normalized spacial score (nSPS) is 10.7. The zero-order valence-corrected chi connectivity index (χ0v) is 11.9. The zero-order chi connectivity index (χ0) is 11.9. The van der Waals surface area contributed by atoms with Crippen molar-refractivity contribution >= 4 is 13.6 Å². The van der Waals surface area contributed by atoms with E-state index >= 15 is 0 Å². The van der Waals surface area contributed by atoms with Gasteiger partial charge in [-0.05, 0) is 0 Å². The molecule has 1 aromatic rings. The molecule has 1 rings (SSSR count). The summed E-state index contributed by atoms with van der Waals surface area (Å²) in [6, 6.07) is 7.54. The summed E-state index contributed by atoms with van der Waals surface area (Å²) in [5, 5.41) is 0. The van der Waals surface area contributed by atoms with E-state index in [4.69, 9.17) is 0 Å². The fraction of sp³-hybridized carbons (Fsp3) is 0.250. The average molecular weight is 338 g/mol. The molecule has 0 aliphatic carbocycles. The molecule has 0 radical (unpaired) electrons. The fourth-order valence-corrected chi connectivity index (χ4v) is 0.631. The van der Waals surface area contributed by atoms with Gasteiger partial charge in [-0.2, -0.15) is 35.8 Å². The average Bonchev–Trinajstić information content (AvgIpc) is 2.21. The topological polar surface area (TPSA) is 9.23 Å². The van der Waals surface area contributed by atoms with Crippen LogP contribution < -0.4 is 4.74 Å². The van der Waals surface area contributed by atoms with E-state index in [0.717, 1.165) is 6.07 Å². The van der Waals surface area contributed by atoms with Gasteiger partial charge in [0.1, 0.15) is 0 Å². The summed E-state index contributed by atoms with van der Waals surface area (Å²) in [6.45, 7) is 0. The minimum atomic E-state index is -4.46. The van der Waals surface area contributed by atoms with E-state index in [0.29, 0.717) is 0 Å². The molecule has 0 unspecified atom stereocenters. The first-order valence-corrected chi connectivity index (χ1v) is 10.6. The summed E-state index contributed by atoms with van der Waals surface area (Å²) in [4.78, 5) is 0. The number of rotatable bonds is 3. The number of halogens is 5. The van der Waals surface area contributed by atoms with E-state index in [2.05, 4.69) is 24.4 Å². The van der Waals surface area contributed by atoms with Crippen LogP contribution in [0.3, 0.4) is 0 Å². The molecule has 15 heavy (non-hydrogen) atoms. The monoisotopic (exact) mass is 336 g/mol. The van der Waals surface area contributed by atoms with Crippen LogP contribution in [0.25, 0.3) is 0 Å². The molecule has 0 heterocycles. The Kier molecular flexibility index (Phi) is 7.10. The van der Waals surface area contributed by atoms with Gasteiger partial charge in [0.05, 0.1) is 0 Å². The molecule has 0 aromatic heterocycles. The SMILES string of the molecule is FC(F)C(F)(F)Oc1[c-]cccc1.[Zn+][Br]. The van der Waals surface area contributed by atoms with Gasteiger partial charge in [-0.25, -0.2) is 0 Å². The van der Waals surface area contributed by atoms with Crippen molar-refractivity contribution in [3.05, 3.63) is 30.3 Å². The van der Waals surface area contributed by atoms with E-state index in [1.54, 1.807) is 0 Å². The third-order valence-electron chi connectivity index (χ3n) is 1.18. The number of ether oxygens (including phenoxy) is 1. The van der Waals surface area contributed by atoms with Gasteiger partial charge in [-0.3, -0.25) is 0 Å². The first kappa shape index (κ1) is 14.8. The van der Waals surface area contributed by atoms with Gasteiger partial charge < -0.3 is 4.74 Å². The van der Waals surface area contributed by atoms with Crippen molar-refractivity contribution in [3.63, 3.8) is 0 Å². The van der Waals surface area contributed by atoms with Crippen molar-refractivity contribution in [1.82, 2.24) is 0 Å². The number of benzene rings is 1. The van der Waals surface area contributed by atoms with Crippen molar-refractivity contribution in [3.8, 4) is 5.75 Å². The summed E-state index contributed by atoms with van der Waals surface area (Å²) < 4.78 is 51.4. The molecule has 0 saturated carbocycles. The van der Waals surface area contributed by atoms with Crippen molar-refractivity contribution < 1.29 is 38.6 Å². The summed E-state index contributed by atoms with van der Waals surface area (Å²) >= 11 is 4.25. The molecule has 0 bridgehead atoms. The molecular formula is C8H5BrF4OZn. The van der Waals surface area contributed by atoms with E-state index in [1.165, 1.54) is 34.5 Å². The van der Waals surface area contributed by atoms with Crippen LogP contribution >= 0.6 is 13.6 Å². The fourth-order valence-electron chi connectivity index (χ4n) is 0.631. The van der Waals surface area contributed by atoms with Crippen LogP contribution in [0.5, 0.6) is 5.75 Å². The summed E-state index contributed by atoms with van der Waals surface area (Å²) in [5.41, 5.74) is 0. The second kappa shape index (κ2) is 7.17. The summed E-state index contributed by atoms with van der Waals surface area (Å²) in [6.07, 6.45) is -8.31. The third-order valence-corrected chi connectivity index (χ3v) is 1.18. The van der Waals surface area contributed by atoms with Crippen LogP contribution in [0.15, 0.2) is 24.3 Å². The molecule has 0 spiro atoms. The number of para-hydroxylation sites is 1. The van der Waals surface area contributed by atoms with Crippen molar-refractivity contribution in [1.29, 1.82) is 0 Å². The van der Waals surface area contributed by atoms with Gasteiger partial charge in [-0.15, -0.1) is 12.1 Å². The Bertz CT molecular complexity index is 271. The molecule has 0 N–H and O–H groups in total. The summed E-state index contributed by atoms with van der Waals surface area (Å²) in [7, 11) is 0. The number of alkyl halides is 4. The Labute approximate surface area is 101 Å². The molecular weight excluding hydrogens is 333 g/mol. The van der Waals surface area contributed by atoms with E-state index in [9.17, 15) is 17.6 Å². The van der Waals surface area contributed by atoms with Gasteiger partial charge in [0.25, 0.3) is 0 Å². The first-order chi connectivity index (χ1) is 7.02. The molecule has 0 atom stereocenters. The van der Waals surface area contributed by atoms with Crippen LogP contribution in [0, 0.1) is 6.07 Å². The standard InChI is InChI=1S/C8H5F4O.BrH.Zn/c9-7(10)8(11,12)13-6-4-2-1-3-5-6;;/h1-4,7H;1H;/q-1;;+2/p-1. The number of hydrogen-bond acceptors (Lipinski definition) is 1. The van der Waals surface area contributed by atoms with E-state index in [-0.39, 0.29) is 0 Å². The first-order valence-electron chi connectivity index (χ1n) is 3.61. The molecule has 80 valence electrons. The van der Waals surface area contributed by atoms with Gasteiger partial charge in [0, 0.05) is 5.75 Å². The van der Waals surface area contributed by atoms with Crippen LogP contribution in [-0.4, -0.2) is 12.5 Å². The Hall–Kier alpha value is -0.157. The Morgan fingerprint density at radius 1 is 1.33 bits per heavy atom. The Morgan fingerprint density at radius 3 is 2.33 bits per heavy atom. The van der Waals surface area contributed by atoms with E-state index in [1.807, 2.05) is 0 Å². The van der Waals surface area contributed by atoms with Crippen molar-refractivity contribution in [2.24, 2.45) is 0 Å². The van der Waals surface area contributed by atoms with E-state index < -0.39 is 18.3 Å². The van der Waals surface area contributed by atoms with Crippen LogP contribution in [0.1, 0.15) is 0 Å². The Morgan fingerprint density at radius 2 is 1.93 bits per heavy atom. The van der Waals surface area contributed by atoms with Crippen LogP contribution in [0.2, 0.25) is 0 Å².